The molecule has 34 heavy (non-hydrogen) atoms. The van der Waals surface area contributed by atoms with Crippen LogP contribution in [0.15, 0.2) is 66.2 Å². The van der Waals surface area contributed by atoms with Crippen LogP contribution in [0.3, 0.4) is 0 Å². The van der Waals surface area contributed by atoms with E-state index in [0.717, 1.165) is 24.1 Å². The molecule has 1 unspecified atom stereocenters. The van der Waals surface area contributed by atoms with Crippen molar-refractivity contribution in [3.8, 4) is 17.1 Å². The summed E-state index contributed by atoms with van der Waals surface area (Å²) in [7, 11) is 0. The predicted octanol–water partition coefficient (Wildman–Crippen LogP) is 5.62. The Labute approximate surface area is 208 Å². The monoisotopic (exact) mass is 492 g/mol. The average Bonchev–Trinajstić information content (AvgIpc) is 3.28. The molecule has 0 spiro atoms. The molecule has 3 aromatic heterocycles. The molecular formula is C25H25ClN6OS. The number of carbonyl (C=O) groups excluding carboxylic acids is 1. The lowest BCUT2D eigenvalue weighted by Gasteiger charge is -2.19. The number of thioether (sulfide) groups is 1. The van der Waals surface area contributed by atoms with Crippen molar-refractivity contribution in [2.45, 2.75) is 44.0 Å². The Kier molecular flexibility index (Phi) is 7.59. The van der Waals surface area contributed by atoms with Crippen LogP contribution in [-0.2, 0) is 17.6 Å². The van der Waals surface area contributed by atoms with Gasteiger partial charge in [0.25, 0.3) is 0 Å². The van der Waals surface area contributed by atoms with E-state index in [0.29, 0.717) is 16.7 Å². The van der Waals surface area contributed by atoms with Gasteiger partial charge < -0.3 is 5.32 Å². The van der Waals surface area contributed by atoms with E-state index in [1.54, 1.807) is 30.7 Å². The topological polar surface area (TPSA) is 85.6 Å². The van der Waals surface area contributed by atoms with Crippen LogP contribution in [-0.4, -0.2) is 35.9 Å². The number of hydrogen-bond donors (Lipinski definition) is 1. The van der Waals surface area contributed by atoms with Crippen LogP contribution in [0.4, 0.5) is 5.69 Å². The Morgan fingerprint density at radius 3 is 2.44 bits per heavy atom. The van der Waals surface area contributed by atoms with Crippen molar-refractivity contribution in [3.05, 3.63) is 77.3 Å². The van der Waals surface area contributed by atoms with E-state index in [2.05, 4.69) is 62.1 Å². The summed E-state index contributed by atoms with van der Waals surface area (Å²) in [6.45, 7) is 6.10. The van der Waals surface area contributed by atoms with Crippen molar-refractivity contribution < 1.29 is 4.79 Å². The molecule has 174 valence electrons. The summed E-state index contributed by atoms with van der Waals surface area (Å²) in [6.07, 6.45) is 6.79. The molecule has 0 aliphatic heterocycles. The molecule has 1 aromatic carbocycles. The van der Waals surface area contributed by atoms with Crippen LogP contribution >= 0.6 is 23.4 Å². The highest BCUT2D eigenvalue weighted by Gasteiger charge is 2.24. The van der Waals surface area contributed by atoms with Crippen LogP contribution < -0.4 is 5.32 Å². The second-order valence-corrected chi connectivity index (χ2v) is 9.27. The van der Waals surface area contributed by atoms with Crippen LogP contribution in [0.25, 0.3) is 17.1 Å². The number of nitrogens with zero attached hydrogens (tertiary/aromatic N) is 5. The quantitative estimate of drug-likeness (QED) is 0.254. The summed E-state index contributed by atoms with van der Waals surface area (Å²) in [5, 5.41) is 12.3. The van der Waals surface area contributed by atoms with Gasteiger partial charge in [0.05, 0.1) is 16.6 Å². The van der Waals surface area contributed by atoms with Gasteiger partial charge in [0.2, 0.25) is 5.91 Å². The molecule has 1 amide bonds. The fraction of sp³-hybridized carbons (Fsp3) is 0.240. The third kappa shape index (κ3) is 4.98. The molecule has 4 aromatic rings. The van der Waals surface area contributed by atoms with Gasteiger partial charge in [0.15, 0.2) is 16.1 Å². The van der Waals surface area contributed by atoms with Gasteiger partial charge in [0.1, 0.15) is 0 Å². The second-order valence-electron chi connectivity index (χ2n) is 7.61. The molecule has 0 saturated heterocycles. The first-order chi connectivity index (χ1) is 16.5. The molecule has 4 rings (SSSR count). The number of aromatic nitrogens is 5. The minimum absolute atomic E-state index is 0.197. The zero-order valence-corrected chi connectivity index (χ0v) is 20.8. The minimum atomic E-state index is -0.458. The number of nitrogens with one attached hydrogen (secondary N) is 1. The molecule has 0 aliphatic carbocycles. The molecule has 1 atom stereocenters. The zero-order valence-electron chi connectivity index (χ0n) is 19.2. The van der Waals surface area contributed by atoms with Crippen molar-refractivity contribution in [2.24, 2.45) is 0 Å². The van der Waals surface area contributed by atoms with E-state index < -0.39 is 5.25 Å². The van der Waals surface area contributed by atoms with E-state index in [9.17, 15) is 4.79 Å². The van der Waals surface area contributed by atoms with Gasteiger partial charge >= 0.3 is 0 Å². The molecule has 0 aliphatic rings. The lowest BCUT2D eigenvalue weighted by molar-refractivity contribution is -0.115. The Bertz CT molecular complexity index is 1270. The Morgan fingerprint density at radius 2 is 1.79 bits per heavy atom. The zero-order chi connectivity index (χ0) is 24.1. The van der Waals surface area contributed by atoms with Crippen molar-refractivity contribution >= 4 is 35.0 Å². The molecule has 3 heterocycles. The van der Waals surface area contributed by atoms with Gasteiger partial charge in [-0.1, -0.05) is 55.4 Å². The van der Waals surface area contributed by atoms with Crippen molar-refractivity contribution in [1.29, 1.82) is 0 Å². The van der Waals surface area contributed by atoms with Gasteiger partial charge in [-0.25, -0.2) is 4.98 Å². The fourth-order valence-corrected chi connectivity index (χ4v) is 4.68. The van der Waals surface area contributed by atoms with E-state index >= 15 is 0 Å². The summed E-state index contributed by atoms with van der Waals surface area (Å²) in [5.74, 6) is 0.492. The number of rotatable bonds is 8. The summed E-state index contributed by atoms with van der Waals surface area (Å²) in [6, 6.07) is 13.6. The van der Waals surface area contributed by atoms with Crippen LogP contribution in [0.5, 0.6) is 0 Å². The number of aryl methyl sites for hydroxylation is 2. The molecule has 1 N–H and O–H groups in total. The van der Waals surface area contributed by atoms with E-state index in [-0.39, 0.29) is 11.1 Å². The highest BCUT2D eigenvalue weighted by molar-refractivity contribution is 8.00. The molecule has 0 saturated carbocycles. The lowest BCUT2D eigenvalue weighted by atomic mass is 10.0. The maximum Gasteiger partial charge on any atom is 0.237 e. The van der Waals surface area contributed by atoms with Crippen LogP contribution in [0, 0.1) is 0 Å². The maximum atomic E-state index is 13.0. The number of pyridine rings is 2. The first kappa shape index (κ1) is 23.9. The predicted molar refractivity (Wildman–Crippen MR) is 137 cm³/mol. The van der Waals surface area contributed by atoms with Gasteiger partial charge in [-0.3, -0.25) is 14.3 Å². The van der Waals surface area contributed by atoms with Crippen LogP contribution in [0.1, 0.15) is 31.9 Å². The van der Waals surface area contributed by atoms with Gasteiger partial charge in [0, 0.05) is 24.2 Å². The summed E-state index contributed by atoms with van der Waals surface area (Å²) < 4.78 is 2.06. The summed E-state index contributed by atoms with van der Waals surface area (Å²) in [4.78, 5) is 21.2. The van der Waals surface area contributed by atoms with Crippen molar-refractivity contribution in [2.75, 3.05) is 5.32 Å². The summed E-state index contributed by atoms with van der Waals surface area (Å²) in [5.41, 5.74) is 4.76. The number of carbonyl (C=O) groups is 1. The third-order valence-electron chi connectivity index (χ3n) is 5.41. The largest absolute Gasteiger partial charge is 0.322 e. The molecular weight excluding hydrogens is 468 g/mol. The molecule has 0 fully saturated rings. The first-order valence-electron chi connectivity index (χ1n) is 11.1. The number of para-hydroxylation sites is 1. The standard InChI is InChI=1S/C25H25ClN6OS/c1-4-17-9-6-10-18(5-2)21(17)32-23(19-11-7-13-27-15-19)30-31-25(32)34-16(3)24(33)29-20-12-8-14-28-22(20)26/h6-16H,4-5H2,1-3H3,(H,29,33). The van der Waals surface area contributed by atoms with Gasteiger partial charge in [-0.2, -0.15) is 0 Å². The molecule has 0 radical (unpaired) electrons. The van der Waals surface area contributed by atoms with E-state index in [1.807, 2.05) is 19.1 Å². The Morgan fingerprint density at radius 1 is 1.06 bits per heavy atom. The number of halogens is 1. The summed E-state index contributed by atoms with van der Waals surface area (Å²) >= 11 is 7.46. The minimum Gasteiger partial charge on any atom is -0.322 e. The first-order valence-corrected chi connectivity index (χ1v) is 12.3. The van der Waals surface area contributed by atoms with Gasteiger partial charge in [-0.05, 0) is 55.2 Å². The Balaban J connectivity index is 1.75. The van der Waals surface area contributed by atoms with E-state index in [1.165, 1.54) is 22.9 Å². The number of amides is 1. The normalized spacial score (nSPS) is 11.9. The van der Waals surface area contributed by atoms with E-state index in [4.69, 9.17) is 11.6 Å². The van der Waals surface area contributed by atoms with Gasteiger partial charge in [-0.15, -0.1) is 10.2 Å². The smallest absolute Gasteiger partial charge is 0.237 e. The molecule has 9 heteroatoms. The Hall–Kier alpha value is -3.23. The average molecular weight is 493 g/mol. The van der Waals surface area contributed by atoms with Crippen molar-refractivity contribution in [1.82, 2.24) is 24.7 Å². The maximum absolute atomic E-state index is 13.0. The SMILES string of the molecule is CCc1cccc(CC)c1-n1c(SC(C)C(=O)Nc2cccnc2Cl)nnc1-c1cccnc1. The molecule has 0 bridgehead atoms. The molecule has 7 nitrogen and oxygen atoms in total. The highest BCUT2D eigenvalue weighted by atomic mass is 35.5. The third-order valence-corrected chi connectivity index (χ3v) is 6.75. The second kappa shape index (κ2) is 10.8. The lowest BCUT2D eigenvalue weighted by Crippen LogP contribution is -2.23. The number of anilines is 1. The number of benzene rings is 1. The van der Waals surface area contributed by atoms with Crippen molar-refractivity contribution in [3.63, 3.8) is 0 Å². The van der Waals surface area contributed by atoms with Crippen LogP contribution in [0.2, 0.25) is 5.15 Å². The highest BCUT2D eigenvalue weighted by Crippen LogP contribution is 2.34. The fourth-order valence-electron chi connectivity index (χ4n) is 3.66. The number of hydrogen-bond acceptors (Lipinski definition) is 6.